The van der Waals surface area contributed by atoms with Crippen LogP contribution in [0.15, 0.2) is 36.4 Å². The molecule has 0 spiro atoms. The van der Waals surface area contributed by atoms with Crippen molar-refractivity contribution < 1.29 is 9.66 Å². The number of rotatable bonds is 5. The van der Waals surface area contributed by atoms with E-state index in [4.69, 9.17) is 27.9 Å². The third-order valence-corrected chi connectivity index (χ3v) is 4.14. The van der Waals surface area contributed by atoms with Crippen molar-refractivity contribution in [1.82, 2.24) is 0 Å². The molecule has 0 unspecified atom stereocenters. The van der Waals surface area contributed by atoms with E-state index in [-0.39, 0.29) is 12.3 Å². The van der Waals surface area contributed by atoms with Crippen molar-refractivity contribution >= 4 is 44.8 Å². The first-order valence-electron chi connectivity index (χ1n) is 5.92. The first-order valence-corrected chi connectivity index (χ1v) is 7.79. The Morgan fingerprint density at radius 1 is 1.19 bits per heavy atom. The second kappa shape index (κ2) is 7.11. The summed E-state index contributed by atoms with van der Waals surface area (Å²) in [4.78, 5) is 10.3. The van der Waals surface area contributed by atoms with Crippen molar-refractivity contribution in [3.8, 4) is 5.75 Å². The Bertz CT molecular complexity index is 659. The van der Waals surface area contributed by atoms with E-state index in [1.807, 2.05) is 0 Å². The van der Waals surface area contributed by atoms with Crippen LogP contribution in [0, 0.1) is 10.1 Å². The number of halogens is 3. The van der Waals surface area contributed by atoms with Crippen LogP contribution in [0.4, 0.5) is 5.69 Å². The summed E-state index contributed by atoms with van der Waals surface area (Å²) < 4.78 is 5.69. The van der Waals surface area contributed by atoms with Crippen LogP contribution in [0.5, 0.6) is 5.75 Å². The summed E-state index contributed by atoms with van der Waals surface area (Å²) in [6.07, 6.45) is 0. The number of nitro benzene ring substituents is 1. The lowest BCUT2D eigenvalue weighted by Crippen LogP contribution is -2.00. The first kappa shape index (κ1) is 16.1. The molecule has 0 aliphatic heterocycles. The highest BCUT2D eigenvalue weighted by molar-refractivity contribution is 9.08. The summed E-state index contributed by atoms with van der Waals surface area (Å²) >= 11 is 15.4. The predicted molar refractivity (Wildman–Crippen MR) is 86.5 cm³/mol. The molecule has 2 rings (SSSR count). The van der Waals surface area contributed by atoms with Gasteiger partial charge in [0.25, 0.3) is 5.69 Å². The van der Waals surface area contributed by atoms with E-state index >= 15 is 0 Å². The van der Waals surface area contributed by atoms with Gasteiger partial charge in [-0.1, -0.05) is 45.2 Å². The summed E-state index contributed by atoms with van der Waals surface area (Å²) in [6.45, 7) is 0.191. The zero-order chi connectivity index (χ0) is 15.4. The van der Waals surface area contributed by atoms with Crippen molar-refractivity contribution in [2.24, 2.45) is 0 Å². The molecular formula is C14H10BrCl2NO3. The fourth-order valence-electron chi connectivity index (χ4n) is 1.74. The standard InChI is InChI=1S/C14H10BrCl2NO3/c15-7-9-6-10(18(19)20)4-5-14(9)21-8-11-12(16)2-1-3-13(11)17/h1-6H,7-8H2. The van der Waals surface area contributed by atoms with E-state index in [2.05, 4.69) is 15.9 Å². The quantitative estimate of drug-likeness (QED) is 0.391. The smallest absolute Gasteiger partial charge is 0.270 e. The second-order valence-corrected chi connectivity index (χ2v) is 5.55. The molecule has 0 aliphatic carbocycles. The van der Waals surface area contributed by atoms with Gasteiger partial charge in [-0.05, 0) is 18.2 Å². The largest absolute Gasteiger partial charge is 0.488 e. The van der Waals surface area contributed by atoms with Crippen LogP contribution < -0.4 is 4.74 Å². The van der Waals surface area contributed by atoms with Crippen LogP contribution >= 0.6 is 39.1 Å². The van der Waals surface area contributed by atoms with Gasteiger partial charge in [0.2, 0.25) is 0 Å². The molecule has 0 atom stereocenters. The number of non-ortho nitro benzene ring substituents is 1. The highest BCUT2D eigenvalue weighted by Crippen LogP contribution is 2.29. The van der Waals surface area contributed by atoms with Crippen molar-refractivity contribution in [2.75, 3.05) is 0 Å². The lowest BCUT2D eigenvalue weighted by atomic mass is 10.2. The van der Waals surface area contributed by atoms with Gasteiger partial charge in [0.1, 0.15) is 12.4 Å². The fraction of sp³-hybridized carbons (Fsp3) is 0.143. The summed E-state index contributed by atoms with van der Waals surface area (Å²) in [6, 6.07) is 9.65. The van der Waals surface area contributed by atoms with Crippen LogP contribution in [0.3, 0.4) is 0 Å². The van der Waals surface area contributed by atoms with Crippen molar-refractivity contribution in [3.05, 3.63) is 67.7 Å². The van der Waals surface area contributed by atoms with Gasteiger partial charge in [0.05, 0.1) is 4.92 Å². The monoisotopic (exact) mass is 389 g/mol. The molecule has 7 heteroatoms. The van der Waals surface area contributed by atoms with Gasteiger partial charge in [-0.15, -0.1) is 0 Å². The van der Waals surface area contributed by atoms with E-state index in [0.717, 1.165) is 0 Å². The maximum atomic E-state index is 10.8. The number of nitrogens with zero attached hydrogens (tertiary/aromatic N) is 1. The highest BCUT2D eigenvalue weighted by atomic mass is 79.9. The molecular weight excluding hydrogens is 381 g/mol. The minimum Gasteiger partial charge on any atom is -0.488 e. The molecule has 0 N–H and O–H groups in total. The minimum absolute atomic E-state index is 0.0209. The van der Waals surface area contributed by atoms with Gasteiger partial charge in [-0.3, -0.25) is 10.1 Å². The molecule has 2 aromatic carbocycles. The van der Waals surface area contributed by atoms with Crippen molar-refractivity contribution in [3.63, 3.8) is 0 Å². The zero-order valence-corrected chi connectivity index (χ0v) is 13.8. The number of ether oxygens (including phenoxy) is 1. The molecule has 110 valence electrons. The number of hydrogen-bond donors (Lipinski definition) is 0. The van der Waals surface area contributed by atoms with E-state index in [9.17, 15) is 10.1 Å². The Kier molecular flexibility index (Phi) is 5.45. The normalized spacial score (nSPS) is 10.4. The summed E-state index contributed by atoms with van der Waals surface area (Å²) in [7, 11) is 0. The van der Waals surface area contributed by atoms with E-state index in [1.165, 1.54) is 12.1 Å². The summed E-state index contributed by atoms with van der Waals surface area (Å²) in [5.41, 5.74) is 1.39. The van der Waals surface area contributed by atoms with Gasteiger partial charge in [0.15, 0.2) is 0 Å². The van der Waals surface area contributed by atoms with E-state index in [1.54, 1.807) is 24.3 Å². The van der Waals surface area contributed by atoms with E-state index in [0.29, 0.717) is 32.3 Å². The third-order valence-electron chi connectivity index (χ3n) is 2.83. The second-order valence-electron chi connectivity index (χ2n) is 4.17. The maximum absolute atomic E-state index is 10.8. The lowest BCUT2D eigenvalue weighted by Gasteiger charge is -2.12. The van der Waals surface area contributed by atoms with Gasteiger partial charge in [-0.25, -0.2) is 0 Å². The fourth-order valence-corrected chi connectivity index (χ4v) is 2.69. The molecule has 0 aromatic heterocycles. The zero-order valence-electron chi connectivity index (χ0n) is 10.7. The first-order chi connectivity index (χ1) is 10.0. The van der Waals surface area contributed by atoms with Gasteiger partial charge < -0.3 is 4.74 Å². The SMILES string of the molecule is O=[N+]([O-])c1ccc(OCc2c(Cl)cccc2Cl)c(CBr)c1. The molecule has 0 bridgehead atoms. The van der Waals surface area contributed by atoms with Crippen molar-refractivity contribution in [2.45, 2.75) is 11.9 Å². The number of hydrogen-bond acceptors (Lipinski definition) is 3. The highest BCUT2D eigenvalue weighted by Gasteiger charge is 2.12. The van der Waals surface area contributed by atoms with Crippen LogP contribution in [0.25, 0.3) is 0 Å². The Morgan fingerprint density at radius 2 is 1.86 bits per heavy atom. The number of alkyl halides is 1. The lowest BCUT2D eigenvalue weighted by molar-refractivity contribution is -0.384. The molecule has 0 heterocycles. The molecule has 2 aromatic rings. The van der Waals surface area contributed by atoms with Gasteiger partial charge >= 0.3 is 0 Å². The minimum atomic E-state index is -0.444. The average molecular weight is 391 g/mol. The van der Waals surface area contributed by atoms with Crippen molar-refractivity contribution in [1.29, 1.82) is 0 Å². The molecule has 0 aliphatic rings. The Hall–Kier alpha value is -1.30. The van der Waals surface area contributed by atoms with Crippen LogP contribution in [-0.4, -0.2) is 4.92 Å². The Morgan fingerprint density at radius 3 is 2.43 bits per heavy atom. The van der Waals surface area contributed by atoms with Crippen LogP contribution in [-0.2, 0) is 11.9 Å². The van der Waals surface area contributed by atoms with Crippen LogP contribution in [0.2, 0.25) is 10.0 Å². The number of nitro groups is 1. The molecule has 0 fully saturated rings. The predicted octanol–water partition coefficient (Wildman–Crippen LogP) is 5.38. The molecule has 4 nitrogen and oxygen atoms in total. The summed E-state index contributed by atoms with van der Waals surface area (Å²) in [5, 5.41) is 12.2. The Balaban J connectivity index is 2.22. The molecule has 0 amide bonds. The summed E-state index contributed by atoms with van der Waals surface area (Å²) in [5.74, 6) is 0.550. The average Bonchev–Trinajstić information content (AvgIpc) is 2.46. The maximum Gasteiger partial charge on any atom is 0.270 e. The van der Waals surface area contributed by atoms with Crippen LogP contribution in [0.1, 0.15) is 11.1 Å². The third kappa shape index (κ3) is 3.87. The molecule has 0 saturated heterocycles. The molecule has 0 saturated carbocycles. The van der Waals surface area contributed by atoms with Gasteiger partial charge in [-0.2, -0.15) is 0 Å². The molecule has 0 radical (unpaired) electrons. The van der Waals surface area contributed by atoms with E-state index < -0.39 is 4.92 Å². The van der Waals surface area contributed by atoms with Gasteiger partial charge in [0, 0.05) is 38.6 Å². The number of benzene rings is 2. The topological polar surface area (TPSA) is 52.4 Å². The molecule has 21 heavy (non-hydrogen) atoms. The Labute approximate surface area is 139 Å².